The predicted octanol–water partition coefficient (Wildman–Crippen LogP) is 3.37. The maximum Gasteiger partial charge on any atom is 0.339 e. The van der Waals surface area contributed by atoms with E-state index >= 15 is 0 Å². The molecule has 1 heterocycles. The molecule has 0 unspecified atom stereocenters. The SMILES string of the molecule is COC(=O)c1ccccc1N(CN1C(=O)c2ccccc2C1=O)C(=O)c1ccccc1. The molecule has 0 fully saturated rings. The Hall–Kier alpha value is -4.26. The van der Waals surface area contributed by atoms with Crippen molar-refractivity contribution in [2.75, 3.05) is 18.7 Å². The van der Waals surface area contributed by atoms with Crippen molar-refractivity contribution < 1.29 is 23.9 Å². The van der Waals surface area contributed by atoms with Crippen LogP contribution in [0.25, 0.3) is 0 Å². The molecule has 7 nitrogen and oxygen atoms in total. The zero-order chi connectivity index (χ0) is 22.0. The summed E-state index contributed by atoms with van der Waals surface area (Å²) in [5.41, 5.74) is 1.28. The van der Waals surface area contributed by atoms with Crippen LogP contribution in [0.5, 0.6) is 0 Å². The van der Waals surface area contributed by atoms with Crippen LogP contribution in [-0.4, -0.2) is 42.4 Å². The van der Waals surface area contributed by atoms with E-state index in [1.54, 1.807) is 72.8 Å². The number of carbonyl (C=O) groups excluding carboxylic acids is 4. The van der Waals surface area contributed by atoms with Gasteiger partial charge in [-0.15, -0.1) is 0 Å². The van der Waals surface area contributed by atoms with Crippen LogP contribution in [0.2, 0.25) is 0 Å². The number of imide groups is 1. The highest BCUT2D eigenvalue weighted by Crippen LogP contribution is 2.27. The molecular weight excluding hydrogens is 396 g/mol. The van der Waals surface area contributed by atoms with Crippen molar-refractivity contribution >= 4 is 29.4 Å². The lowest BCUT2D eigenvalue weighted by Crippen LogP contribution is -2.45. The Bertz CT molecular complexity index is 1150. The van der Waals surface area contributed by atoms with Crippen molar-refractivity contribution in [2.45, 2.75) is 0 Å². The van der Waals surface area contributed by atoms with E-state index in [1.807, 2.05) is 0 Å². The van der Waals surface area contributed by atoms with Gasteiger partial charge in [-0.05, 0) is 36.4 Å². The average Bonchev–Trinajstić information content (AvgIpc) is 3.07. The van der Waals surface area contributed by atoms with Crippen LogP contribution < -0.4 is 4.90 Å². The van der Waals surface area contributed by atoms with Gasteiger partial charge in [0.05, 0.1) is 29.5 Å². The number of ether oxygens (including phenoxy) is 1. The summed E-state index contributed by atoms with van der Waals surface area (Å²) in [7, 11) is 1.24. The minimum atomic E-state index is -0.635. The molecule has 0 atom stereocenters. The van der Waals surface area contributed by atoms with Crippen LogP contribution in [-0.2, 0) is 4.74 Å². The maximum atomic E-state index is 13.4. The molecule has 3 aromatic rings. The summed E-state index contributed by atoms with van der Waals surface area (Å²) in [6.45, 7) is -0.353. The second-order valence-corrected chi connectivity index (χ2v) is 6.83. The second kappa shape index (κ2) is 8.23. The molecule has 0 aromatic heterocycles. The van der Waals surface area contributed by atoms with E-state index in [2.05, 4.69) is 0 Å². The number of nitrogens with zero attached hydrogens (tertiary/aromatic N) is 2. The van der Waals surface area contributed by atoms with Crippen molar-refractivity contribution in [3.05, 3.63) is 101 Å². The zero-order valence-electron chi connectivity index (χ0n) is 16.6. The van der Waals surface area contributed by atoms with Crippen molar-refractivity contribution in [3.63, 3.8) is 0 Å². The molecule has 1 aliphatic heterocycles. The van der Waals surface area contributed by atoms with E-state index < -0.39 is 23.7 Å². The number of rotatable bonds is 5. The lowest BCUT2D eigenvalue weighted by atomic mass is 10.1. The summed E-state index contributed by atoms with van der Waals surface area (Å²) < 4.78 is 4.85. The first kappa shape index (κ1) is 20.0. The maximum absolute atomic E-state index is 13.4. The van der Waals surface area contributed by atoms with E-state index in [4.69, 9.17) is 4.74 Å². The fourth-order valence-electron chi connectivity index (χ4n) is 3.49. The number of esters is 1. The molecule has 154 valence electrons. The smallest absolute Gasteiger partial charge is 0.339 e. The predicted molar refractivity (Wildman–Crippen MR) is 113 cm³/mol. The van der Waals surface area contributed by atoms with E-state index in [0.29, 0.717) is 5.56 Å². The van der Waals surface area contributed by atoms with E-state index in [-0.39, 0.29) is 29.0 Å². The fourth-order valence-corrected chi connectivity index (χ4v) is 3.49. The van der Waals surface area contributed by atoms with Crippen LogP contribution in [0.15, 0.2) is 78.9 Å². The van der Waals surface area contributed by atoms with Gasteiger partial charge in [0.2, 0.25) is 0 Å². The number of para-hydroxylation sites is 1. The number of anilines is 1. The first-order valence-corrected chi connectivity index (χ1v) is 9.52. The van der Waals surface area contributed by atoms with Crippen molar-refractivity contribution in [1.82, 2.24) is 4.90 Å². The van der Waals surface area contributed by atoms with Gasteiger partial charge >= 0.3 is 5.97 Å². The highest BCUT2D eigenvalue weighted by Gasteiger charge is 2.38. The number of carbonyl (C=O) groups is 4. The van der Waals surface area contributed by atoms with Gasteiger partial charge in [0.25, 0.3) is 17.7 Å². The Morgan fingerprint density at radius 1 is 0.806 bits per heavy atom. The highest BCUT2D eigenvalue weighted by molar-refractivity contribution is 6.22. The fraction of sp³-hybridized carbons (Fsp3) is 0.0833. The molecule has 3 amide bonds. The minimum Gasteiger partial charge on any atom is -0.465 e. The molecule has 0 radical (unpaired) electrons. The number of hydrogen-bond donors (Lipinski definition) is 0. The topological polar surface area (TPSA) is 84.0 Å². The van der Waals surface area contributed by atoms with Crippen molar-refractivity contribution in [2.24, 2.45) is 0 Å². The number of benzene rings is 3. The monoisotopic (exact) mass is 414 g/mol. The molecule has 4 rings (SSSR count). The van der Waals surface area contributed by atoms with E-state index in [1.165, 1.54) is 18.1 Å². The lowest BCUT2D eigenvalue weighted by molar-refractivity contribution is 0.0601. The number of amides is 3. The Morgan fingerprint density at radius 3 is 1.97 bits per heavy atom. The third-order valence-electron chi connectivity index (χ3n) is 5.03. The molecule has 0 bridgehead atoms. The third-order valence-corrected chi connectivity index (χ3v) is 5.03. The molecule has 31 heavy (non-hydrogen) atoms. The van der Waals surface area contributed by atoms with Gasteiger partial charge < -0.3 is 4.74 Å². The van der Waals surface area contributed by atoms with Gasteiger partial charge in [-0.3, -0.25) is 24.2 Å². The Labute approximate surface area is 178 Å². The van der Waals surface area contributed by atoms with Crippen molar-refractivity contribution in [3.8, 4) is 0 Å². The molecule has 0 N–H and O–H groups in total. The van der Waals surface area contributed by atoms with Gasteiger partial charge in [-0.25, -0.2) is 4.79 Å². The van der Waals surface area contributed by atoms with Gasteiger partial charge in [0, 0.05) is 5.56 Å². The van der Waals surface area contributed by atoms with Gasteiger partial charge in [-0.1, -0.05) is 42.5 Å². The number of fused-ring (bicyclic) bond motifs is 1. The molecule has 0 spiro atoms. The summed E-state index contributed by atoms with van der Waals surface area (Å²) >= 11 is 0. The first-order chi connectivity index (χ1) is 15.0. The minimum absolute atomic E-state index is 0.144. The van der Waals surface area contributed by atoms with Crippen LogP contribution in [0.3, 0.4) is 0 Å². The van der Waals surface area contributed by atoms with Gasteiger partial charge in [0.15, 0.2) is 0 Å². The van der Waals surface area contributed by atoms with E-state index in [0.717, 1.165) is 4.90 Å². The van der Waals surface area contributed by atoms with Gasteiger partial charge in [0.1, 0.15) is 6.67 Å². The normalized spacial score (nSPS) is 12.5. The van der Waals surface area contributed by atoms with Crippen LogP contribution in [0.4, 0.5) is 5.69 Å². The zero-order valence-corrected chi connectivity index (χ0v) is 16.6. The number of methoxy groups -OCH3 is 1. The Kier molecular flexibility index (Phi) is 5.32. The standard InChI is InChI=1S/C24H18N2O5/c1-31-24(30)19-13-7-8-14-20(19)25(21(27)16-9-3-2-4-10-16)15-26-22(28)17-11-5-6-12-18(17)23(26)29/h2-14H,15H2,1H3. The summed E-state index contributed by atoms with van der Waals surface area (Å²) in [6.07, 6.45) is 0. The van der Waals surface area contributed by atoms with Crippen LogP contribution in [0.1, 0.15) is 41.4 Å². The highest BCUT2D eigenvalue weighted by atomic mass is 16.5. The van der Waals surface area contributed by atoms with Crippen LogP contribution in [0, 0.1) is 0 Å². The summed E-state index contributed by atoms with van der Waals surface area (Å²) in [5.74, 6) is -2.10. The third kappa shape index (κ3) is 3.57. The summed E-state index contributed by atoms with van der Waals surface area (Å²) in [4.78, 5) is 53.7. The second-order valence-electron chi connectivity index (χ2n) is 6.83. The summed E-state index contributed by atoms with van der Waals surface area (Å²) in [6, 6.07) is 21.3. The van der Waals surface area contributed by atoms with Crippen molar-refractivity contribution in [1.29, 1.82) is 0 Å². The molecule has 0 saturated heterocycles. The Balaban J connectivity index is 1.78. The largest absolute Gasteiger partial charge is 0.465 e. The quantitative estimate of drug-likeness (QED) is 0.472. The molecule has 1 aliphatic rings. The number of hydrogen-bond acceptors (Lipinski definition) is 5. The molecule has 0 aliphatic carbocycles. The summed E-state index contributed by atoms with van der Waals surface area (Å²) in [5, 5.41) is 0. The lowest BCUT2D eigenvalue weighted by Gasteiger charge is -2.28. The molecule has 0 saturated carbocycles. The van der Waals surface area contributed by atoms with Gasteiger partial charge in [-0.2, -0.15) is 0 Å². The molecular formula is C24H18N2O5. The first-order valence-electron chi connectivity index (χ1n) is 9.52. The average molecular weight is 414 g/mol. The molecule has 3 aromatic carbocycles. The Morgan fingerprint density at radius 2 is 1.35 bits per heavy atom. The van der Waals surface area contributed by atoms with E-state index in [9.17, 15) is 19.2 Å². The van der Waals surface area contributed by atoms with Crippen LogP contribution >= 0.6 is 0 Å². The molecule has 7 heteroatoms.